The Kier molecular flexibility index (Phi) is 4.07. The van der Waals surface area contributed by atoms with Crippen molar-refractivity contribution in [3.63, 3.8) is 0 Å². The van der Waals surface area contributed by atoms with Crippen molar-refractivity contribution < 1.29 is 4.39 Å². The second kappa shape index (κ2) is 6.52. The van der Waals surface area contributed by atoms with Gasteiger partial charge in [-0.2, -0.15) is 0 Å². The third-order valence-electron chi connectivity index (χ3n) is 4.31. The van der Waals surface area contributed by atoms with Gasteiger partial charge >= 0.3 is 0 Å². The van der Waals surface area contributed by atoms with Gasteiger partial charge in [0.2, 0.25) is 0 Å². The molecule has 0 spiro atoms. The summed E-state index contributed by atoms with van der Waals surface area (Å²) in [5.74, 6) is 0.226. The van der Waals surface area contributed by atoms with E-state index >= 15 is 0 Å². The normalized spacial score (nSPS) is 14.3. The number of hydrogen-bond acceptors (Lipinski definition) is 5. The van der Waals surface area contributed by atoms with Gasteiger partial charge in [0.25, 0.3) is 5.56 Å². The van der Waals surface area contributed by atoms with Gasteiger partial charge in [-0.05, 0) is 24.3 Å². The zero-order chi connectivity index (χ0) is 17.2. The molecular weight excluding hydrogens is 321 g/mol. The molecule has 3 aromatic heterocycles. The molecule has 1 N–H and O–H groups in total. The number of nitrogens with zero attached hydrogens (tertiary/aromatic N) is 4. The highest BCUT2D eigenvalue weighted by Crippen LogP contribution is 2.19. The average Bonchev–Trinajstić information content (AvgIpc) is 2.65. The van der Waals surface area contributed by atoms with Crippen molar-refractivity contribution in [3.05, 3.63) is 76.0 Å². The van der Waals surface area contributed by atoms with Gasteiger partial charge < -0.3 is 4.98 Å². The summed E-state index contributed by atoms with van der Waals surface area (Å²) in [6.45, 7) is 1.51. The number of halogens is 1. The first-order valence-electron chi connectivity index (χ1n) is 8.05. The van der Waals surface area contributed by atoms with Gasteiger partial charge in [-0.1, -0.05) is 0 Å². The van der Waals surface area contributed by atoms with Crippen LogP contribution >= 0.6 is 0 Å². The van der Waals surface area contributed by atoms with Crippen molar-refractivity contribution in [2.24, 2.45) is 0 Å². The van der Waals surface area contributed by atoms with Crippen LogP contribution in [0.15, 0.2) is 47.7 Å². The van der Waals surface area contributed by atoms with E-state index in [1.54, 1.807) is 24.7 Å². The molecule has 1 aliphatic heterocycles. The molecule has 0 radical (unpaired) electrons. The molecule has 7 heteroatoms. The number of rotatable bonds is 3. The molecule has 6 nitrogen and oxygen atoms in total. The lowest BCUT2D eigenvalue weighted by Gasteiger charge is -2.27. The molecule has 4 rings (SSSR count). The molecule has 0 saturated carbocycles. The van der Waals surface area contributed by atoms with E-state index in [4.69, 9.17) is 0 Å². The molecule has 0 amide bonds. The van der Waals surface area contributed by atoms with E-state index in [2.05, 4.69) is 19.9 Å². The second-order valence-electron chi connectivity index (χ2n) is 5.97. The fourth-order valence-corrected chi connectivity index (χ4v) is 3.01. The minimum absolute atomic E-state index is 0.150. The number of aromatic amines is 1. The highest BCUT2D eigenvalue weighted by Gasteiger charge is 2.22. The van der Waals surface area contributed by atoms with Gasteiger partial charge in [0.1, 0.15) is 11.6 Å². The third-order valence-corrected chi connectivity index (χ3v) is 4.31. The molecule has 1 aliphatic rings. The molecule has 0 atom stereocenters. The summed E-state index contributed by atoms with van der Waals surface area (Å²) in [6.07, 6.45) is 5.55. The number of pyridine rings is 2. The van der Waals surface area contributed by atoms with Crippen molar-refractivity contribution in [1.29, 1.82) is 0 Å². The molecule has 0 unspecified atom stereocenters. The number of H-pyrrole nitrogens is 1. The molecule has 0 bridgehead atoms. The highest BCUT2D eigenvalue weighted by atomic mass is 19.1. The highest BCUT2D eigenvalue weighted by molar-refractivity contribution is 5.54. The van der Waals surface area contributed by atoms with Gasteiger partial charge in [0, 0.05) is 50.2 Å². The Labute approximate surface area is 143 Å². The van der Waals surface area contributed by atoms with Crippen molar-refractivity contribution in [2.75, 3.05) is 6.54 Å². The monoisotopic (exact) mass is 337 g/mol. The lowest BCUT2D eigenvalue weighted by Crippen LogP contribution is -2.35. The van der Waals surface area contributed by atoms with Crippen LogP contribution in [-0.4, -0.2) is 31.4 Å². The Hall–Kier alpha value is -2.93. The first kappa shape index (κ1) is 15.6. The lowest BCUT2D eigenvalue weighted by molar-refractivity contribution is 0.235. The molecule has 0 aromatic carbocycles. The van der Waals surface area contributed by atoms with Gasteiger partial charge in [0.05, 0.1) is 17.0 Å². The van der Waals surface area contributed by atoms with E-state index in [0.717, 1.165) is 11.3 Å². The third kappa shape index (κ3) is 3.18. The van der Waals surface area contributed by atoms with Crippen LogP contribution in [0.4, 0.5) is 4.39 Å². The van der Waals surface area contributed by atoms with E-state index in [0.29, 0.717) is 43.1 Å². The largest absolute Gasteiger partial charge is 0.306 e. The Morgan fingerprint density at radius 1 is 1.20 bits per heavy atom. The maximum Gasteiger partial charge on any atom is 0.255 e. The van der Waals surface area contributed by atoms with Crippen LogP contribution < -0.4 is 5.56 Å². The fourth-order valence-electron chi connectivity index (χ4n) is 3.01. The molecule has 0 fully saturated rings. The van der Waals surface area contributed by atoms with Crippen LogP contribution in [0.2, 0.25) is 0 Å². The van der Waals surface area contributed by atoms with E-state index < -0.39 is 0 Å². The summed E-state index contributed by atoms with van der Waals surface area (Å²) in [4.78, 5) is 30.0. The van der Waals surface area contributed by atoms with E-state index in [-0.39, 0.29) is 11.4 Å². The summed E-state index contributed by atoms with van der Waals surface area (Å²) >= 11 is 0. The first-order chi connectivity index (χ1) is 12.2. The Balaban J connectivity index is 1.60. The van der Waals surface area contributed by atoms with Crippen LogP contribution in [0.25, 0.3) is 11.4 Å². The van der Waals surface area contributed by atoms with Crippen molar-refractivity contribution in [2.45, 2.75) is 19.5 Å². The maximum atomic E-state index is 13.8. The Morgan fingerprint density at radius 2 is 2.04 bits per heavy atom. The summed E-state index contributed by atoms with van der Waals surface area (Å²) in [6, 6.07) is 6.59. The van der Waals surface area contributed by atoms with Gasteiger partial charge in [-0.25, -0.2) is 9.37 Å². The first-order valence-corrected chi connectivity index (χ1v) is 8.05. The molecule has 0 aliphatic carbocycles. The summed E-state index contributed by atoms with van der Waals surface area (Å²) in [5.41, 5.74) is 2.51. The van der Waals surface area contributed by atoms with E-state index in [9.17, 15) is 9.18 Å². The van der Waals surface area contributed by atoms with Crippen LogP contribution in [0.3, 0.4) is 0 Å². The van der Waals surface area contributed by atoms with Gasteiger partial charge in [-0.3, -0.25) is 19.7 Å². The lowest BCUT2D eigenvalue weighted by atomic mass is 10.1. The van der Waals surface area contributed by atoms with E-state index in [1.807, 2.05) is 17.0 Å². The molecule has 126 valence electrons. The van der Waals surface area contributed by atoms with Crippen LogP contribution in [-0.2, 0) is 19.5 Å². The summed E-state index contributed by atoms with van der Waals surface area (Å²) in [5, 5.41) is 0. The standard InChI is InChI=1S/C18H16FN5O/c19-14-2-1-6-21-16(14)11-24-9-5-15-13(10-24)18(25)23-17(22-15)12-3-7-20-8-4-12/h1-4,6-8H,5,9-11H2,(H,22,23,25). The van der Waals surface area contributed by atoms with Crippen molar-refractivity contribution in [1.82, 2.24) is 24.8 Å². The maximum absolute atomic E-state index is 13.8. The van der Waals surface area contributed by atoms with Crippen molar-refractivity contribution >= 4 is 0 Å². The van der Waals surface area contributed by atoms with Crippen molar-refractivity contribution in [3.8, 4) is 11.4 Å². The van der Waals surface area contributed by atoms with Crippen LogP contribution in [0.5, 0.6) is 0 Å². The number of fused-ring (bicyclic) bond motifs is 1. The average molecular weight is 337 g/mol. The molecule has 3 aromatic rings. The summed E-state index contributed by atoms with van der Waals surface area (Å²) < 4.78 is 13.8. The SMILES string of the molecule is O=c1[nH]c(-c2ccncc2)nc2c1CN(Cc1ncccc1F)CC2. The molecule has 25 heavy (non-hydrogen) atoms. The van der Waals surface area contributed by atoms with Gasteiger partial charge in [-0.15, -0.1) is 0 Å². The minimum Gasteiger partial charge on any atom is -0.306 e. The molecular formula is C18H16FN5O. The quantitative estimate of drug-likeness (QED) is 0.790. The fraction of sp³-hybridized carbons (Fsp3) is 0.222. The smallest absolute Gasteiger partial charge is 0.255 e. The summed E-state index contributed by atoms with van der Waals surface area (Å²) in [7, 11) is 0. The Bertz CT molecular complexity index is 957. The number of aromatic nitrogens is 4. The van der Waals surface area contributed by atoms with Crippen LogP contribution in [0, 0.1) is 5.82 Å². The predicted molar refractivity (Wildman–Crippen MR) is 90.1 cm³/mol. The van der Waals surface area contributed by atoms with E-state index in [1.165, 1.54) is 6.07 Å². The number of hydrogen-bond donors (Lipinski definition) is 1. The predicted octanol–water partition coefficient (Wildman–Crippen LogP) is 1.92. The second-order valence-corrected chi connectivity index (χ2v) is 5.97. The zero-order valence-electron chi connectivity index (χ0n) is 13.4. The molecule has 0 saturated heterocycles. The molecule has 4 heterocycles. The zero-order valence-corrected chi connectivity index (χ0v) is 13.4. The van der Waals surface area contributed by atoms with Crippen LogP contribution in [0.1, 0.15) is 17.0 Å². The minimum atomic E-state index is -0.326. The topological polar surface area (TPSA) is 74.8 Å². The number of nitrogens with one attached hydrogen (secondary N) is 1. The van der Waals surface area contributed by atoms with Gasteiger partial charge in [0.15, 0.2) is 0 Å². The Morgan fingerprint density at radius 3 is 2.84 bits per heavy atom.